The first-order valence-corrected chi connectivity index (χ1v) is 5.63. The maximum Gasteiger partial charge on any atom is 0.129 e. The molecule has 2 N–H and O–H groups in total. The molecule has 0 aliphatic rings. The predicted molar refractivity (Wildman–Crippen MR) is 65.0 cm³/mol. The number of aromatic nitrogens is 3. The van der Waals surface area contributed by atoms with Gasteiger partial charge < -0.3 is 10.3 Å². The summed E-state index contributed by atoms with van der Waals surface area (Å²) in [7, 11) is 0. The number of pyridine rings is 1. The van der Waals surface area contributed by atoms with Crippen molar-refractivity contribution in [2.45, 2.75) is 39.3 Å². The van der Waals surface area contributed by atoms with E-state index in [1.165, 1.54) is 0 Å². The molecule has 0 saturated heterocycles. The second kappa shape index (κ2) is 3.87. The number of hydrogen-bond acceptors (Lipinski definition) is 3. The SMILES string of the molecule is CCCn1c(C(C)(C)N)nc2cnccc21. The Hall–Kier alpha value is -1.42. The molecule has 0 unspecified atom stereocenters. The van der Waals surface area contributed by atoms with E-state index in [9.17, 15) is 0 Å². The minimum Gasteiger partial charge on any atom is -0.326 e. The molecular formula is C12H18N4. The zero-order valence-corrected chi connectivity index (χ0v) is 10.1. The van der Waals surface area contributed by atoms with Crippen LogP contribution in [0.1, 0.15) is 33.0 Å². The van der Waals surface area contributed by atoms with E-state index >= 15 is 0 Å². The molecule has 0 bridgehead atoms. The van der Waals surface area contributed by atoms with Crippen molar-refractivity contribution < 1.29 is 0 Å². The van der Waals surface area contributed by atoms with Crippen LogP contribution in [0.15, 0.2) is 18.5 Å². The first kappa shape index (κ1) is 11.1. The molecule has 2 heterocycles. The van der Waals surface area contributed by atoms with Crippen LogP contribution >= 0.6 is 0 Å². The Kier molecular flexibility index (Phi) is 2.68. The van der Waals surface area contributed by atoms with Gasteiger partial charge in [-0.1, -0.05) is 6.92 Å². The Morgan fingerprint density at radius 3 is 2.81 bits per heavy atom. The molecule has 0 aromatic carbocycles. The summed E-state index contributed by atoms with van der Waals surface area (Å²) in [4.78, 5) is 8.67. The van der Waals surface area contributed by atoms with Gasteiger partial charge in [0.1, 0.15) is 11.3 Å². The van der Waals surface area contributed by atoms with Gasteiger partial charge in [-0.05, 0) is 26.3 Å². The number of rotatable bonds is 3. The lowest BCUT2D eigenvalue weighted by molar-refractivity contribution is 0.477. The Morgan fingerprint density at radius 1 is 1.44 bits per heavy atom. The molecule has 0 spiro atoms. The van der Waals surface area contributed by atoms with Gasteiger partial charge in [0, 0.05) is 12.7 Å². The van der Waals surface area contributed by atoms with Gasteiger partial charge in [0.05, 0.1) is 17.3 Å². The smallest absolute Gasteiger partial charge is 0.129 e. The van der Waals surface area contributed by atoms with Gasteiger partial charge in [0.25, 0.3) is 0 Å². The van der Waals surface area contributed by atoms with E-state index in [1.807, 2.05) is 19.9 Å². The van der Waals surface area contributed by atoms with Crippen molar-refractivity contribution in [1.82, 2.24) is 14.5 Å². The minimum atomic E-state index is -0.422. The van der Waals surface area contributed by atoms with Gasteiger partial charge in [-0.2, -0.15) is 0 Å². The summed E-state index contributed by atoms with van der Waals surface area (Å²) < 4.78 is 2.19. The summed E-state index contributed by atoms with van der Waals surface area (Å²) >= 11 is 0. The van der Waals surface area contributed by atoms with Gasteiger partial charge in [-0.15, -0.1) is 0 Å². The molecule has 0 fully saturated rings. The second-order valence-electron chi connectivity index (χ2n) is 4.67. The summed E-state index contributed by atoms with van der Waals surface area (Å²) in [6, 6.07) is 1.99. The normalized spacial score (nSPS) is 12.2. The molecule has 0 saturated carbocycles. The summed E-state index contributed by atoms with van der Waals surface area (Å²) in [5.41, 5.74) is 7.76. The highest BCUT2D eigenvalue weighted by molar-refractivity contribution is 5.74. The van der Waals surface area contributed by atoms with Crippen molar-refractivity contribution in [1.29, 1.82) is 0 Å². The van der Waals surface area contributed by atoms with Crippen LogP contribution in [0.2, 0.25) is 0 Å². The molecule has 2 aromatic rings. The average molecular weight is 218 g/mol. The maximum atomic E-state index is 6.15. The molecule has 0 amide bonds. The van der Waals surface area contributed by atoms with Crippen molar-refractivity contribution in [2.24, 2.45) is 5.73 Å². The molecule has 0 radical (unpaired) electrons. The second-order valence-corrected chi connectivity index (χ2v) is 4.67. The largest absolute Gasteiger partial charge is 0.326 e. The molecule has 16 heavy (non-hydrogen) atoms. The molecule has 4 heteroatoms. The van der Waals surface area contributed by atoms with Gasteiger partial charge in [0.2, 0.25) is 0 Å². The van der Waals surface area contributed by atoms with Crippen molar-refractivity contribution >= 4 is 11.0 Å². The summed E-state index contributed by atoms with van der Waals surface area (Å²) in [6.45, 7) is 7.05. The molecule has 0 aliphatic heterocycles. The lowest BCUT2D eigenvalue weighted by atomic mass is 10.1. The molecular weight excluding hydrogens is 200 g/mol. The zero-order valence-electron chi connectivity index (χ0n) is 10.1. The monoisotopic (exact) mass is 218 g/mol. The highest BCUT2D eigenvalue weighted by Crippen LogP contribution is 2.22. The number of imidazole rings is 1. The minimum absolute atomic E-state index is 0.422. The Morgan fingerprint density at radius 2 is 2.19 bits per heavy atom. The fourth-order valence-electron chi connectivity index (χ4n) is 1.92. The van der Waals surface area contributed by atoms with E-state index in [2.05, 4.69) is 21.5 Å². The molecule has 2 rings (SSSR count). The highest BCUT2D eigenvalue weighted by atomic mass is 15.1. The van der Waals surface area contributed by atoms with Gasteiger partial charge >= 0.3 is 0 Å². The average Bonchev–Trinajstić information content (AvgIpc) is 2.58. The maximum absolute atomic E-state index is 6.15. The number of nitrogens with two attached hydrogens (primary N) is 1. The molecule has 2 aromatic heterocycles. The van der Waals surface area contributed by atoms with Crippen LogP contribution in [0.5, 0.6) is 0 Å². The Balaban J connectivity index is 2.68. The Bertz CT molecular complexity index is 493. The molecule has 0 aliphatic carbocycles. The van der Waals surface area contributed by atoms with E-state index in [4.69, 9.17) is 5.73 Å². The van der Waals surface area contributed by atoms with E-state index in [-0.39, 0.29) is 0 Å². The fraction of sp³-hybridized carbons (Fsp3) is 0.500. The van der Waals surface area contributed by atoms with Crippen LogP contribution < -0.4 is 5.73 Å². The number of hydrogen-bond donors (Lipinski definition) is 1. The van der Waals surface area contributed by atoms with Crippen molar-refractivity contribution in [3.05, 3.63) is 24.3 Å². The van der Waals surface area contributed by atoms with Crippen LogP contribution in [0, 0.1) is 0 Å². The third-order valence-corrected chi connectivity index (χ3v) is 2.57. The molecule has 0 atom stereocenters. The summed E-state index contributed by atoms with van der Waals surface area (Å²) in [6.07, 6.45) is 4.65. The Labute approximate surface area is 95.5 Å². The number of aryl methyl sites for hydroxylation is 1. The lowest BCUT2D eigenvalue weighted by Gasteiger charge is -2.19. The summed E-state index contributed by atoms with van der Waals surface area (Å²) in [5, 5.41) is 0. The highest BCUT2D eigenvalue weighted by Gasteiger charge is 2.22. The topological polar surface area (TPSA) is 56.7 Å². The quantitative estimate of drug-likeness (QED) is 0.857. The van der Waals surface area contributed by atoms with Crippen LogP contribution in [0.3, 0.4) is 0 Å². The number of nitrogens with zero attached hydrogens (tertiary/aromatic N) is 3. The van der Waals surface area contributed by atoms with Crippen molar-refractivity contribution in [2.75, 3.05) is 0 Å². The third kappa shape index (κ3) is 1.80. The van der Waals surface area contributed by atoms with Crippen molar-refractivity contribution in [3.8, 4) is 0 Å². The standard InChI is InChI=1S/C12H18N4/c1-4-7-16-10-5-6-14-8-9(10)15-11(16)12(2,3)13/h5-6,8H,4,7,13H2,1-3H3. The van der Waals surface area contributed by atoms with E-state index in [1.54, 1.807) is 12.4 Å². The molecule has 4 nitrogen and oxygen atoms in total. The third-order valence-electron chi connectivity index (χ3n) is 2.57. The van der Waals surface area contributed by atoms with Gasteiger partial charge in [-0.3, -0.25) is 4.98 Å². The zero-order chi connectivity index (χ0) is 11.8. The van der Waals surface area contributed by atoms with Crippen molar-refractivity contribution in [3.63, 3.8) is 0 Å². The van der Waals surface area contributed by atoms with Crippen LogP contribution in [-0.4, -0.2) is 14.5 Å². The van der Waals surface area contributed by atoms with E-state index in [0.29, 0.717) is 0 Å². The fourth-order valence-corrected chi connectivity index (χ4v) is 1.92. The van der Waals surface area contributed by atoms with Gasteiger partial charge in [0.15, 0.2) is 0 Å². The number of fused-ring (bicyclic) bond motifs is 1. The van der Waals surface area contributed by atoms with E-state index in [0.717, 1.165) is 29.8 Å². The predicted octanol–water partition coefficient (Wildman–Crippen LogP) is 2.04. The lowest BCUT2D eigenvalue weighted by Crippen LogP contribution is -2.32. The molecule has 86 valence electrons. The summed E-state index contributed by atoms with van der Waals surface area (Å²) in [5.74, 6) is 0.928. The van der Waals surface area contributed by atoms with Gasteiger partial charge in [-0.25, -0.2) is 4.98 Å². The first-order chi connectivity index (χ1) is 7.54. The first-order valence-electron chi connectivity index (χ1n) is 5.63. The van der Waals surface area contributed by atoms with Crippen LogP contribution in [0.4, 0.5) is 0 Å². The van der Waals surface area contributed by atoms with E-state index < -0.39 is 5.54 Å². The van der Waals surface area contributed by atoms with Crippen LogP contribution in [-0.2, 0) is 12.1 Å². The van der Waals surface area contributed by atoms with Crippen LogP contribution in [0.25, 0.3) is 11.0 Å².